The van der Waals surface area contributed by atoms with Crippen molar-refractivity contribution in [3.63, 3.8) is 0 Å². The van der Waals surface area contributed by atoms with E-state index in [9.17, 15) is 9.90 Å². The van der Waals surface area contributed by atoms with Crippen LogP contribution in [0.1, 0.15) is 44.9 Å². The molecule has 3 aliphatic rings. The molecule has 1 saturated carbocycles. The Morgan fingerprint density at radius 1 is 1.28 bits per heavy atom. The summed E-state index contributed by atoms with van der Waals surface area (Å²) in [6, 6.07) is 1.32. The van der Waals surface area contributed by atoms with E-state index in [4.69, 9.17) is 0 Å². The number of amides is 1. The highest BCUT2D eigenvalue weighted by Gasteiger charge is 2.42. The van der Waals surface area contributed by atoms with Crippen LogP contribution < -0.4 is 10.6 Å². The third-order valence-electron chi connectivity index (χ3n) is 5.00. The predicted octanol–water partition coefficient (Wildman–Crippen LogP) is 0.796. The molecular formula is C14H24N2O2. The summed E-state index contributed by atoms with van der Waals surface area (Å²) in [6.45, 7) is 0.880. The molecule has 1 aliphatic carbocycles. The van der Waals surface area contributed by atoms with Gasteiger partial charge in [0.15, 0.2) is 0 Å². The van der Waals surface area contributed by atoms with Gasteiger partial charge >= 0.3 is 0 Å². The van der Waals surface area contributed by atoms with Gasteiger partial charge in [-0.2, -0.15) is 0 Å². The van der Waals surface area contributed by atoms with Gasteiger partial charge in [-0.05, 0) is 44.4 Å². The van der Waals surface area contributed by atoms with Gasteiger partial charge in [-0.3, -0.25) is 4.79 Å². The number of carbonyl (C=O) groups excluding carboxylic acids is 1. The number of hydrogen-bond donors (Lipinski definition) is 3. The average molecular weight is 252 g/mol. The molecule has 0 aromatic carbocycles. The van der Waals surface area contributed by atoms with Gasteiger partial charge in [0.25, 0.3) is 0 Å². The quantitative estimate of drug-likeness (QED) is 0.678. The molecule has 2 saturated heterocycles. The van der Waals surface area contributed by atoms with Crippen molar-refractivity contribution in [1.29, 1.82) is 0 Å². The molecular weight excluding hydrogens is 228 g/mol. The van der Waals surface area contributed by atoms with E-state index in [1.165, 1.54) is 12.8 Å². The number of nitrogens with one attached hydrogen (secondary N) is 2. The third-order valence-corrected chi connectivity index (χ3v) is 5.00. The third kappa shape index (κ3) is 2.69. The molecule has 2 bridgehead atoms. The first-order valence-electron chi connectivity index (χ1n) is 7.33. The van der Waals surface area contributed by atoms with Crippen molar-refractivity contribution in [3.8, 4) is 0 Å². The second-order valence-corrected chi connectivity index (χ2v) is 6.61. The number of hydrogen-bond acceptors (Lipinski definition) is 3. The van der Waals surface area contributed by atoms with Crippen molar-refractivity contribution < 1.29 is 9.90 Å². The topological polar surface area (TPSA) is 61.4 Å². The minimum absolute atomic E-state index is 0.0306. The van der Waals surface area contributed by atoms with E-state index >= 15 is 0 Å². The van der Waals surface area contributed by atoms with Crippen LogP contribution in [-0.4, -0.2) is 36.2 Å². The Balaban J connectivity index is 1.41. The summed E-state index contributed by atoms with van der Waals surface area (Å²) in [5, 5.41) is 15.8. The highest BCUT2D eigenvalue weighted by Crippen LogP contribution is 2.44. The van der Waals surface area contributed by atoms with Gasteiger partial charge < -0.3 is 15.7 Å². The highest BCUT2D eigenvalue weighted by atomic mass is 16.3. The lowest BCUT2D eigenvalue weighted by atomic mass is 9.89. The molecule has 2 aliphatic heterocycles. The Morgan fingerprint density at radius 3 is 2.50 bits per heavy atom. The maximum Gasteiger partial charge on any atom is 0.220 e. The number of piperidine rings is 1. The SMILES string of the molecule is O=C(CC1CC2CCC(C1)N2)NCC1(CO)CC1. The first-order chi connectivity index (χ1) is 8.69. The predicted molar refractivity (Wildman–Crippen MR) is 69.0 cm³/mol. The number of aliphatic hydroxyl groups excluding tert-OH is 1. The molecule has 0 aromatic heterocycles. The zero-order valence-corrected chi connectivity index (χ0v) is 11.0. The summed E-state index contributed by atoms with van der Waals surface area (Å²) < 4.78 is 0. The molecule has 4 nitrogen and oxygen atoms in total. The summed E-state index contributed by atoms with van der Waals surface area (Å²) in [5.74, 6) is 0.744. The zero-order valence-electron chi connectivity index (χ0n) is 11.0. The normalized spacial score (nSPS) is 36.4. The Bertz CT molecular complexity index is 316. The van der Waals surface area contributed by atoms with E-state index in [0.717, 1.165) is 25.7 Å². The van der Waals surface area contributed by atoms with E-state index < -0.39 is 0 Å². The lowest BCUT2D eigenvalue weighted by molar-refractivity contribution is -0.122. The van der Waals surface area contributed by atoms with Crippen LogP contribution >= 0.6 is 0 Å². The van der Waals surface area contributed by atoms with Gasteiger partial charge in [-0.25, -0.2) is 0 Å². The Kier molecular flexibility index (Phi) is 3.32. The van der Waals surface area contributed by atoms with Crippen molar-refractivity contribution in [1.82, 2.24) is 10.6 Å². The Hall–Kier alpha value is -0.610. The Morgan fingerprint density at radius 2 is 1.94 bits per heavy atom. The summed E-state index contributed by atoms with van der Waals surface area (Å²) in [4.78, 5) is 11.9. The van der Waals surface area contributed by atoms with Gasteiger partial charge in [-0.1, -0.05) is 0 Å². The van der Waals surface area contributed by atoms with Gasteiger partial charge in [0.2, 0.25) is 5.91 Å². The summed E-state index contributed by atoms with van der Waals surface area (Å²) in [5.41, 5.74) is 0.0306. The number of rotatable bonds is 5. The van der Waals surface area contributed by atoms with Crippen LogP contribution in [0.3, 0.4) is 0 Å². The van der Waals surface area contributed by atoms with Crippen molar-refractivity contribution >= 4 is 5.91 Å². The fourth-order valence-corrected chi connectivity index (χ4v) is 3.53. The molecule has 3 fully saturated rings. The van der Waals surface area contributed by atoms with E-state index in [1.54, 1.807) is 0 Å². The molecule has 2 atom stereocenters. The summed E-state index contributed by atoms with van der Waals surface area (Å²) >= 11 is 0. The molecule has 1 amide bonds. The summed E-state index contributed by atoms with van der Waals surface area (Å²) in [6.07, 6.45) is 7.69. The molecule has 0 spiro atoms. The fourth-order valence-electron chi connectivity index (χ4n) is 3.53. The second kappa shape index (κ2) is 4.82. The molecule has 4 heteroatoms. The van der Waals surface area contributed by atoms with Gasteiger partial charge in [0, 0.05) is 30.5 Å². The smallest absolute Gasteiger partial charge is 0.220 e. The fraction of sp³-hybridized carbons (Fsp3) is 0.929. The number of carbonyl (C=O) groups is 1. The monoisotopic (exact) mass is 252 g/mol. The standard InChI is InChI=1S/C14H24N2O2/c17-9-14(3-4-14)8-15-13(18)7-10-5-11-1-2-12(6-10)16-11/h10-12,16-17H,1-9H2,(H,15,18). The number of fused-ring (bicyclic) bond motifs is 2. The molecule has 3 rings (SSSR count). The minimum atomic E-state index is 0.0306. The molecule has 102 valence electrons. The van der Waals surface area contributed by atoms with Crippen molar-refractivity contribution in [2.24, 2.45) is 11.3 Å². The minimum Gasteiger partial charge on any atom is -0.396 e. The van der Waals surface area contributed by atoms with Crippen LogP contribution in [0.25, 0.3) is 0 Å². The first kappa shape index (κ1) is 12.4. The van der Waals surface area contributed by atoms with E-state index in [0.29, 0.717) is 31.0 Å². The van der Waals surface area contributed by atoms with Crippen molar-refractivity contribution in [3.05, 3.63) is 0 Å². The second-order valence-electron chi connectivity index (χ2n) is 6.61. The lowest BCUT2D eigenvalue weighted by Crippen LogP contribution is -2.40. The number of aliphatic hydroxyl groups is 1. The van der Waals surface area contributed by atoms with Crippen LogP contribution in [0.2, 0.25) is 0 Å². The zero-order chi connectivity index (χ0) is 12.6. The van der Waals surface area contributed by atoms with Crippen LogP contribution in [-0.2, 0) is 4.79 Å². The lowest BCUT2D eigenvalue weighted by Gasteiger charge is -2.28. The maximum atomic E-state index is 11.9. The van der Waals surface area contributed by atoms with Gasteiger partial charge in [0.05, 0.1) is 6.61 Å². The van der Waals surface area contributed by atoms with Crippen LogP contribution in [0.4, 0.5) is 0 Å². The van der Waals surface area contributed by atoms with E-state index in [1.807, 2.05) is 0 Å². The highest BCUT2D eigenvalue weighted by molar-refractivity contribution is 5.76. The molecule has 3 N–H and O–H groups in total. The maximum absolute atomic E-state index is 11.9. The van der Waals surface area contributed by atoms with E-state index in [2.05, 4.69) is 10.6 Å². The van der Waals surface area contributed by atoms with Crippen molar-refractivity contribution in [2.45, 2.75) is 57.0 Å². The first-order valence-corrected chi connectivity index (χ1v) is 7.33. The van der Waals surface area contributed by atoms with Crippen LogP contribution in [0.5, 0.6) is 0 Å². The van der Waals surface area contributed by atoms with E-state index in [-0.39, 0.29) is 17.9 Å². The molecule has 18 heavy (non-hydrogen) atoms. The van der Waals surface area contributed by atoms with Crippen molar-refractivity contribution in [2.75, 3.05) is 13.2 Å². The average Bonchev–Trinajstić information content (AvgIpc) is 3.07. The van der Waals surface area contributed by atoms with Crippen LogP contribution in [0, 0.1) is 11.3 Å². The van der Waals surface area contributed by atoms with Gasteiger partial charge in [0.1, 0.15) is 0 Å². The molecule has 0 radical (unpaired) electrons. The largest absolute Gasteiger partial charge is 0.396 e. The Labute approximate surface area is 109 Å². The molecule has 2 heterocycles. The van der Waals surface area contributed by atoms with Gasteiger partial charge in [-0.15, -0.1) is 0 Å². The van der Waals surface area contributed by atoms with Crippen LogP contribution in [0.15, 0.2) is 0 Å². The summed E-state index contributed by atoms with van der Waals surface area (Å²) in [7, 11) is 0. The molecule has 0 aromatic rings. The molecule has 2 unspecified atom stereocenters.